The minimum Gasteiger partial charge on any atom is -0.504 e. The Hall–Kier alpha value is -2.89. The highest BCUT2D eigenvalue weighted by atomic mass is 16.6. The van der Waals surface area contributed by atoms with E-state index < -0.39 is 4.92 Å². The predicted molar refractivity (Wildman–Crippen MR) is 105 cm³/mol. The van der Waals surface area contributed by atoms with Crippen LogP contribution in [0.4, 0.5) is 5.69 Å². The first-order valence-corrected chi connectivity index (χ1v) is 8.82. The molecule has 0 unspecified atom stereocenters. The van der Waals surface area contributed by atoms with Crippen molar-refractivity contribution in [3.05, 3.63) is 51.6 Å². The Balaban J connectivity index is 2.27. The van der Waals surface area contributed by atoms with Crippen LogP contribution in [-0.2, 0) is 10.8 Å². The Morgan fingerprint density at radius 1 is 1.00 bits per heavy atom. The Morgan fingerprint density at radius 3 is 2.04 bits per heavy atom. The zero-order valence-corrected chi connectivity index (χ0v) is 16.5. The molecule has 0 aliphatic heterocycles. The summed E-state index contributed by atoms with van der Waals surface area (Å²) >= 11 is 0. The van der Waals surface area contributed by atoms with Crippen molar-refractivity contribution in [2.75, 3.05) is 0 Å². The van der Waals surface area contributed by atoms with Gasteiger partial charge in [0.2, 0.25) is 5.89 Å². The number of nitro groups is 1. The van der Waals surface area contributed by atoms with Crippen LogP contribution in [0.1, 0.15) is 52.7 Å². The molecule has 0 saturated carbocycles. The normalized spacial score (nSPS) is 12.5. The fourth-order valence-electron chi connectivity index (χ4n) is 3.06. The van der Waals surface area contributed by atoms with Crippen molar-refractivity contribution in [3.63, 3.8) is 0 Å². The van der Waals surface area contributed by atoms with Crippen LogP contribution in [0.25, 0.3) is 22.6 Å². The molecule has 1 heterocycles. The number of hydrogen-bond donors (Lipinski definition) is 1. The van der Waals surface area contributed by atoms with E-state index in [0.717, 1.165) is 11.1 Å². The van der Waals surface area contributed by atoms with E-state index in [1.807, 2.05) is 26.8 Å². The summed E-state index contributed by atoms with van der Waals surface area (Å²) in [4.78, 5) is 15.0. The van der Waals surface area contributed by atoms with Crippen molar-refractivity contribution >= 4 is 16.8 Å². The van der Waals surface area contributed by atoms with Crippen LogP contribution in [-0.4, -0.2) is 15.0 Å². The molecule has 0 amide bonds. The topological polar surface area (TPSA) is 89.4 Å². The lowest BCUT2D eigenvalue weighted by Crippen LogP contribution is -2.17. The number of phenols is 1. The van der Waals surface area contributed by atoms with Gasteiger partial charge in [-0.05, 0) is 34.6 Å². The number of non-ortho nitro benzene ring substituents is 1. The summed E-state index contributed by atoms with van der Waals surface area (Å²) in [6, 6.07) is 8.02. The number of oxazole rings is 1. The number of hydrogen-bond acceptors (Lipinski definition) is 5. The molecule has 0 aliphatic carbocycles. The van der Waals surface area contributed by atoms with Gasteiger partial charge in [0.15, 0.2) is 11.3 Å². The second kappa shape index (κ2) is 6.08. The molecule has 2 aromatic carbocycles. The molecule has 0 radical (unpaired) electrons. The lowest BCUT2D eigenvalue weighted by molar-refractivity contribution is -0.384. The molecule has 0 saturated heterocycles. The quantitative estimate of drug-likeness (QED) is 0.462. The number of nitro benzene ring substituents is 1. The van der Waals surface area contributed by atoms with Crippen molar-refractivity contribution in [2.45, 2.75) is 52.4 Å². The van der Waals surface area contributed by atoms with Gasteiger partial charge in [-0.3, -0.25) is 10.1 Å². The highest BCUT2D eigenvalue weighted by molar-refractivity contribution is 5.87. The van der Waals surface area contributed by atoms with Crippen LogP contribution >= 0.6 is 0 Å². The monoisotopic (exact) mass is 368 g/mol. The average Bonchev–Trinajstić information content (AvgIpc) is 2.98. The summed E-state index contributed by atoms with van der Waals surface area (Å²) in [5.41, 5.74) is 2.90. The Kier molecular flexibility index (Phi) is 4.25. The molecule has 1 N–H and O–H groups in total. The summed E-state index contributed by atoms with van der Waals surface area (Å²) < 4.78 is 5.93. The summed E-state index contributed by atoms with van der Waals surface area (Å²) in [5, 5.41) is 21.7. The summed E-state index contributed by atoms with van der Waals surface area (Å²) in [7, 11) is 0. The molecule has 0 atom stereocenters. The van der Waals surface area contributed by atoms with E-state index in [1.54, 1.807) is 12.1 Å². The van der Waals surface area contributed by atoms with E-state index in [0.29, 0.717) is 22.6 Å². The standard InChI is InChI=1S/C21H24N2O4/c1-20(2,3)14-11-15(21(4,5)6)17(24)18-16(14)22-19(27-18)12-7-9-13(10-8-12)23(25)26/h7-11,24H,1-6H3. The third-order valence-electron chi connectivity index (χ3n) is 4.58. The van der Waals surface area contributed by atoms with Crippen molar-refractivity contribution in [2.24, 2.45) is 0 Å². The lowest BCUT2D eigenvalue weighted by Gasteiger charge is -2.25. The molecule has 1 aromatic heterocycles. The molecule has 0 aliphatic rings. The molecule has 6 nitrogen and oxygen atoms in total. The fraction of sp³-hybridized carbons (Fsp3) is 0.381. The highest BCUT2D eigenvalue weighted by Crippen LogP contribution is 2.43. The molecule has 6 heteroatoms. The number of aromatic nitrogens is 1. The fourth-order valence-corrected chi connectivity index (χ4v) is 3.06. The van der Waals surface area contributed by atoms with Crippen LogP contribution < -0.4 is 0 Å². The largest absolute Gasteiger partial charge is 0.504 e. The van der Waals surface area contributed by atoms with Crippen molar-refractivity contribution in [3.8, 4) is 17.2 Å². The summed E-state index contributed by atoms with van der Waals surface area (Å²) in [6.45, 7) is 12.4. The number of rotatable bonds is 2. The summed E-state index contributed by atoms with van der Waals surface area (Å²) in [5.74, 6) is 0.415. The van der Waals surface area contributed by atoms with Gasteiger partial charge < -0.3 is 9.52 Å². The van der Waals surface area contributed by atoms with Gasteiger partial charge in [-0.25, -0.2) is 4.98 Å². The van der Waals surface area contributed by atoms with Gasteiger partial charge in [-0.2, -0.15) is 0 Å². The molecule has 142 valence electrons. The van der Waals surface area contributed by atoms with Crippen LogP contribution in [0.15, 0.2) is 34.7 Å². The third kappa shape index (κ3) is 3.39. The van der Waals surface area contributed by atoms with Gasteiger partial charge in [0, 0.05) is 23.3 Å². The lowest BCUT2D eigenvalue weighted by atomic mass is 9.79. The van der Waals surface area contributed by atoms with Gasteiger partial charge in [-0.15, -0.1) is 0 Å². The van der Waals surface area contributed by atoms with Crippen LogP contribution in [0.5, 0.6) is 5.75 Å². The van der Waals surface area contributed by atoms with Gasteiger partial charge in [0.25, 0.3) is 5.69 Å². The molecule has 3 aromatic rings. The second-order valence-electron chi connectivity index (χ2n) is 8.82. The molecule has 0 spiro atoms. The van der Waals surface area contributed by atoms with Gasteiger partial charge in [0.1, 0.15) is 5.52 Å². The van der Waals surface area contributed by atoms with E-state index in [-0.39, 0.29) is 22.3 Å². The summed E-state index contributed by atoms with van der Waals surface area (Å²) in [6.07, 6.45) is 0. The number of phenolic OH excluding ortho intramolecular Hbond substituents is 1. The van der Waals surface area contributed by atoms with Gasteiger partial charge in [-0.1, -0.05) is 41.5 Å². The van der Waals surface area contributed by atoms with Crippen molar-refractivity contribution < 1.29 is 14.4 Å². The predicted octanol–water partition coefficient (Wildman–Crippen LogP) is 5.70. The van der Waals surface area contributed by atoms with Gasteiger partial charge in [0.05, 0.1) is 4.92 Å². The van der Waals surface area contributed by atoms with E-state index in [1.165, 1.54) is 12.1 Å². The van der Waals surface area contributed by atoms with E-state index in [9.17, 15) is 15.2 Å². The molecule has 3 rings (SSSR count). The van der Waals surface area contributed by atoms with E-state index in [2.05, 4.69) is 25.8 Å². The molecule has 0 bridgehead atoms. The van der Waals surface area contributed by atoms with Crippen LogP contribution in [0, 0.1) is 10.1 Å². The highest BCUT2D eigenvalue weighted by Gasteiger charge is 2.29. The maximum Gasteiger partial charge on any atom is 0.269 e. The minimum absolute atomic E-state index is 0.00288. The first-order chi connectivity index (χ1) is 12.4. The number of nitrogens with zero attached hydrogens (tertiary/aromatic N) is 2. The molecule has 0 fully saturated rings. The molecule has 27 heavy (non-hydrogen) atoms. The Morgan fingerprint density at radius 2 is 1.56 bits per heavy atom. The molecular weight excluding hydrogens is 344 g/mol. The minimum atomic E-state index is -0.449. The first-order valence-electron chi connectivity index (χ1n) is 8.82. The smallest absolute Gasteiger partial charge is 0.269 e. The van der Waals surface area contributed by atoms with Crippen LogP contribution in [0.2, 0.25) is 0 Å². The zero-order chi connectivity index (χ0) is 20.1. The van der Waals surface area contributed by atoms with Crippen molar-refractivity contribution in [1.82, 2.24) is 4.98 Å². The third-order valence-corrected chi connectivity index (χ3v) is 4.58. The Labute approximate surface area is 158 Å². The molecular formula is C21H24N2O4. The maximum absolute atomic E-state index is 10.9. The Bertz CT molecular complexity index is 1020. The van der Waals surface area contributed by atoms with E-state index in [4.69, 9.17) is 4.42 Å². The van der Waals surface area contributed by atoms with Crippen LogP contribution in [0.3, 0.4) is 0 Å². The van der Waals surface area contributed by atoms with E-state index >= 15 is 0 Å². The number of fused-ring (bicyclic) bond motifs is 1. The maximum atomic E-state index is 10.9. The average molecular weight is 368 g/mol. The van der Waals surface area contributed by atoms with Gasteiger partial charge >= 0.3 is 0 Å². The SMILES string of the molecule is CC(C)(C)c1cc(C(C)(C)C)c2nc(-c3ccc([N+](=O)[O-])cc3)oc2c1O. The van der Waals surface area contributed by atoms with Crippen molar-refractivity contribution in [1.29, 1.82) is 0 Å². The first kappa shape index (κ1) is 18.9. The zero-order valence-electron chi connectivity index (χ0n) is 16.5. The number of aromatic hydroxyl groups is 1. The number of benzene rings is 2. The second-order valence-corrected chi connectivity index (χ2v) is 8.82.